The lowest BCUT2D eigenvalue weighted by Gasteiger charge is -2.11. The number of aliphatic hydroxyl groups is 1. The van der Waals surface area contributed by atoms with E-state index in [1.54, 1.807) is 12.4 Å². The average molecular weight is 205 g/mol. The van der Waals surface area contributed by atoms with Crippen LogP contribution in [0.5, 0.6) is 5.75 Å². The normalized spacial score (nSPS) is 11.4. The average Bonchev–Trinajstić information content (AvgIpc) is 2.26. The van der Waals surface area contributed by atoms with E-state index in [-0.39, 0.29) is 12.7 Å². The topological polar surface area (TPSA) is 42.4 Å². The van der Waals surface area contributed by atoms with Crippen molar-refractivity contribution in [1.82, 2.24) is 4.98 Å². The van der Waals surface area contributed by atoms with Crippen LogP contribution in [0.2, 0.25) is 0 Å². The highest BCUT2D eigenvalue weighted by Gasteiger charge is 2.01. The van der Waals surface area contributed by atoms with Gasteiger partial charge in [0.05, 0.1) is 12.3 Å². The first-order valence-corrected chi connectivity index (χ1v) is 4.97. The zero-order valence-electron chi connectivity index (χ0n) is 9.03. The first kappa shape index (κ1) is 11.5. The molecule has 3 nitrogen and oxygen atoms in total. The monoisotopic (exact) mass is 205 g/mol. The van der Waals surface area contributed by atoms with Gasteiger partial charge in [0.2, 0.25) is 0 Å². The third-order valence-electron chi connectivity index (χ3n) is 1.94. The van der Waals surface area contributed by atoms with E-state index in [0.717, 1.165) is 12.0 Å². The number of aliphatic hydroxyl groups excluding tert-OH is 1. The second-order valence-corrected chi connectivity index (χ2v) is 3.21. The van der Waals surface area contributed by atoms with Crippen molar-refractivity contribution >= 4 is 0 Å². The van der Waals surface area contributed by atoms with E-state index in [4.69, 9.17) is 9.84 Å². The molecule has 0 bridgehead atoms. The largest absolute Gasteiger partial charge is 0.489 e. The number of rotatable bonds is 3. The fourth-order valence-corrected chi connectivity index (χ4v) is 1.01. The van der Waals surface area contributed by atoms with E-state index in [1.807, 2.05) is 13.0 Å². The molecular weight excluding hydrogens is 190 g/mol. The van der Waals surface area contributed by atoms with Crippen molar-refractivity contribution < 1.29 is 9.84 Å². The lowest BCUT2D eigenvalue weighted by molar-refractivity contribution is 0.216. The van der Waals surface area contributed by atoms with E-state index in [9.17, 15) is 0 Å². The predicted molar refractivity (Wildman–Crippen MR) is 58.6 cm³/mol. The standard InChI is InChI=1S/C12H15NO2/c1-3-10(2)15-12-7-11(5-4-6-14)8-13-9-12/h7-10,14H,3,6H2,1-2H3. The molecule has 0 aliphatic rings. The molecule has 0 aliphatic heterocycles. The van der Waals surface area contributed by atoms with Crippen LogP contribution in [0.1, 0.15) is 25.8 Å². The minimum absolute atomic E-state index is 0.142. The van der Waals surface area contributed by atoms with Crippen LogP contribution < -0.4 is 4.74 Å². The number of nitrogens with zero attached hydrogens (tertiary/aromatic N) is 1. The molecule has 1 unspecified atom stereocenters. The Morgan fingerprint density at radius 3 is 3.00 bits per heavy atom. The van der Waals surface area contributed by atoms with Crippen LogP contribution >= 0.6 is 0 Å². The second-order valence-electron chi connectivity index (χ2n) is 3.21. The Balaban J connectivity index is 2.74. The van der Waals surface area contributed by atoms with Crippen LogP contribution in [0.3, 0.4) is 0 Å². The molecule has 1 aromatic heterocycles. The van der Waals surface area contributed by atoms with Gasteiger partial charge in [0.1, 0.15) is 12.4 Å². The number of pyridine rings is 1. The number of aromatic nitrogens is 1. The maximum Gasteiger partial charge on any atom is 0.139 e. The first-order chi connectivity index (χ1) is 7.26. The van der Waals surface area contributed by atoms with Crippen molar-refractivity contribution in [1.29, 1.82) is 0 Å². The number of hydrogen-bond donors (Lipinski definition) is 1. The molecule has 1 N–H and O–H groups in total. The Hall–Kier alpha value is -1.53. The molecule has 1 atom stereocenters. The van der Waals surface area contributed by atoms with Crippen molar-refractivity contribution in [3.63, 3.8) is 0 Å². The fraction of sp³-hybridized carbons (Fsp3) is 0.417. The summed E-state index contributed by atoms with van der Waals surface area (Å²) in [5, 5.41) is 8.56. The maximum atomic E-state index is 8.56. The first-order valence-electron chi connectivity index (χ1n) is 4.97. The lowest BCUT2D eigenvalue weighted by Crippen LogP contribution is -2.09. The van der Waals surface area contributed by atoms with Gasteiger partial charge in [0.15, 0.2) is 0 Å². The quantitative estimate of drug-likeness (QED) is 0.762. The Bertz CT molecular complexity index is 365. The SMILES string of the molecule is CCC(C)Oc1cncc(C#CCO)c1. The van der Waals surface area contributed by atoms with Crippen LogP contribution in [0.25, 0.3) is 0 Å². The highest BCUT2D eigenvalue weighted by Crippen LogP contribution is 2.13. The fourth-order valence-electron chi connectivity index (χ4n) is 1.01. The van der Waals surface area contributed by atoms with E-state index in [1.165, 1.54) is 0 Å². The van der Waals surface area contributed by atoms with Gasteiger partial charge < -0.3 is 9.84 Å². The summed E-state index contributed by atoms with van der Waals surface area (Å²) < 4.78 is 5.59. The molecule has 1 aromatic rings. The molecular formula is C12H15NO2. The summed E-state index contributed by atoms with van der Waals surface area (Å²) in [6.07, 6.45) is 4.43. The molecule has 1 heterocycles. The molecule has 0 aromatic carbocycles. The van der Waals surface area contributed by atoms with Crippen molar-refractivity contribution in [3.8, 4) is 17.6 Å². The molecule has 80 valence electrons. The maximum absolute atomic E-state index is 8.56. The summed E-state index contributed by atoms with van der Waals surface area (Å²) >= 11 is 0. The molecule has 0 saturated carbocycles. The van der Waals surface area contributed by atoms with Crippen molar-refractivity contribution in [2.24, 2.45) is 0 Å². The van der Waals surface area contributed by atoms with Gasteiger partial charge in [-0.2, -0.15) is 0 Å². The highest BCUT2D eigenvalue weighted by molar-refractivity contribution is 5.36. The van der Waals surface area contributed by atoms with E-state index in [2.05, 4.69) is 23.7 Å². The van der Waals surface area contributed by atoms with E-state index >= 15 is 0 Å². The van der Waals surface area contributed by atoms with Crippen molar-refractivity contribution in [3.05, 3.63) is 24.0 Å². The Morgan fingerprint density at radius 1 is 1.53 bits per heavy atom. The minimum Gasteiger partial charge on any atom is -0.489 e. The van der Waals surface area contributed by atoms with Gasteiger partial charge in [-0.25, -0.2) is 0 Å². The van der Waals surface area contributed by atoms with Crippen LogP contribution in [0.4, 0.5) is 0 Å². The third kappa shape index (κ3) is 4.01. The number of ether oxygens (including phenoxy) is 1. The Labute approximate surface area is 90.1 Å². The zero-order chi connectivity index (χ0) is 11.1. The van der Waals surface area contributed by atoms with Crippen LogP contribution in [-0.2, 0) is 0 Å². The summed E-state index contributed by atoms with van der Waals surface area (Å²) in [7, 11) is 0. The molecule has 0 fully saturated rings. The summed E-state index contributed by atoms with van der Waals surface area (Å²) in [6, 6.07) is 1.82. The lowest BCUT2D eigenvalue weighted by atomic mass is 10.2. The molecule has 15 heavy (non-hydrogen) atoms. The van der Waals surface area contributed by atoms with Crippen molar-refractivity contribution in [2.75, 3.05) is 6.61 Å². The zero-order valence-corrected chi connectivity index (χ0v) is 9.03. The molecule has 1 rings (SSSR count). The molecule has 0 amide bonds. The van der Waals surface area contributed by atoms with Gasteiger partial charge in [-0.15, -0.1) is 0 Å². The van der Waals surface area contributed by atoms with E-state index < -0.39 is 0 Å². The van der Waals surface area contributed by atoms with Gasteiger partial charge >= 0.3 is 0 Å². The van der Waals surface area contributed by atoms with E-state index in [0.29, 0.717) is 5.75 Å². The van der Waals surface area contributed by atoms with Crippen LogP contribution in [-0.4, -0.2) is 22.8 Å². The van der Waals surface area contributed by atoms with Crippen LogP contribution in [0.15, 0.2) is 18.5 Å². The molecule has 3 heteroatoms. The highest BCUT2D eigenvalue weighted by atomic mass is 16.5. The van der Waals surface area contributed by atoms with Gasteiger partial charge in [-0.3, -0.25) is 4.98 Å². The molecule has 0 radical (unpaired) electrons. The van der Waals surface area contributed by atoms with Gasteiger partial charge in [-0.05, 0) is 19.4 Å². The van der Waals surface area contributed by atoms with Crippen LogP contribution in [0, 0.1) is 11.8 Å². The number of hydrogen-bond acceptors (Lipinski definition) is 3. The molecule has 0 spiro atoms. The molecule has 0 aliphatic carbocycles. The summed E-state index contributed by atoms with van der Waals surface area (Å²) in [5.74, 6) is 6.07. The Kier molecular flexibility index (Phi) is 4.65. The second kappa shape index (κ2) is 6.05. The third-order valence-corrected chi connectivity index (χ3v) is 1.94. The van der Waals surface area contributed by atoms with Gasteiger partial charge in [0, 0.05) is 11.8 Å². The molecule has 0 saturated heterocycles. The summed E-state index contributed by atoms with van der Waals surface area (Å²) in [6.45, 7) is 3.93. The summed E-state index contributed by atoms with van der Waals surface area (Å²) in [5.41, 5.74) is 0.754. The van der Waals surface area contributed by atoms with Gasteiger partial charge in [-0.1, -0.05) is 18.8 Å². The summed E-state index contributed by atoms with van der Waals surface area (Å²) in [4.78, 5) is 4.02. The Morgan fingerprint density at radius 2 is 2.33 bits per heavy atom. The van der Waals surface area contributed by atoms with Crippen molar-refractivity contribution in [2.45, 2.75) is 26.4 Å². The predicted octanol–water partition coefficient (Wildman–Crippen LogP) is 1.60. The minimum atomic E-state index is -0.142. The van der Waals surface area contributed by atoms with Gasteiger partial charge in [0.25, 0.3) is 0 Å². The smallest absolute Gasteiger partial charge is 0.139 e.